The van der Waals surface area contributed by atoms with E-state index in [1.807, 2.05) is 0 Å². The van der Waals surface area contributed by atoms with Gasteiger partial charge in [0, 0.05) is 5.69 Å². The summed E-state index contributed by atoms with van der Waals surface area (Å²) in [5.41, 5.74) is 0.791. The first-order chi connectivity index (χ1) is 10.0. The van der Waals surface area contributed by atoms with Gasteiger partial charge in [0.1, 0.15) is 17.7 Å². The van der Waals surface area contributed by atoms with Gasteiger partial charge < -0.3 is 10.3 Å². The summed E-state index contributed by atoms with van der Waals surface area (Å²) in [5, 5.41) is 2.78. The highest BCUT2D eigenvalue weighted by Crippen LogP contribution is 2.26. The van der Waals surface area contributed by atoms with Crippen molar-refractivity contribution in [3.8, 4) is 0 Å². The zero-order chi connectivity index (χ0) is 15.0. The van der Waals surface area contributed by atoms with Gasteiger partial charge in [0.2, 0.25) is 0 Å². The molecule has 0 atom stereocenters. The smallest absolute Gasteiger partial charge is 0.295 e. The number of imidazole rings is 1. The van der Waals surface area contributed by atoms with E-state index in [0.717, 1.165) is 0 Å². The molecule has 0 aliphatic rings. The zero-order valence-electron chi connectivity index (χ0n) is 10.2. The quantitative estimate of drug-likeness (QED) is 0.771. The molecule has 2 N–H and O–H groups in total. The molecule has 0 aliphatic carbocycles. The Morgan fingerprint density at radius 1 is 1.24 bits per heavy atom. The second-order valence-electron chi connectivity index (χ2n) is 4.10. The van der Waals surface area contributed by atoms with Crippen molar-refractivity contribution in [1.82, 2.24) is 19.9 Å². The summed E-state index contributed by atoms with van der Waals surface area (Å²) in [6.45, 7) is 0. The van der Waals surface area contributed by atoms with E-state index in [9.17, 15) is 13.2 Å². The molecule has 1 aromatic carbocycles. The van der Waals surface area contributed by atoms with Crippen molar-refractivity contribution >= 4 is 34.3 Å². The Labute approximate surface area is 121 Å². The predicted octanol–water partition coefficient (Wildman–Crippen LogP) is 3.83. The predicted molar refractivity (Wildman–Crippen MR) is 71.3 cm³/mol. The van der Waals surface area contributed by atoms with E-state index in [-0.39, 0.29) is 22.0 Å². The first kappa shape index (κ1) is 13.6. The largest absolute Gasteiger partial charge is 0.338 e. The molecule has 3 rings (SSSR count). The molecule has 5 nitrogen and oxygen atoms in total. The summed E-state index contributed by atoms with van der Waals surface area (Å²) in [6, 6.07) is 3.98. The fraction of sp³-hybridized carbons (Fsp3) is 0.0833. The average Bonchev–Trinajstić information content (AvgIpc) is 2.88. The normalized spacial score (nSPS) is 11.3. The van der Waals surface area contributed by atoms with E-state index >= 15 is 0 Å². The van der Waals surface area contributed by atoms with Gasteiger partial charge in [0.15, 0.2) is 17.3 Å². The number of anilines is 2. The Morgan fingerprint density at radius 2 is 2.05 bits per heavy atom. The number of nitrogens with one attached hydrogen (secondary N) is 2. The van der Waals surface area contributed by atoms with Crippen LogP contribution in [0.25, 0.3) is 11.2 Å². The third-order valence-corrected chi connectivity index (χ3v) is 2.99. The lowest BCUT2D eigenvalue weighted by molar-refractivity contribution is 0.142. The van der Waals surface area contributed by atoms with Gasteiger partial charge in [-0.15, -0.1) is 0 Å². The van der Waals surface area contributed by atoms with Gasteiger partial charge in [-0.2, -0.15) is 0 Å². The van der Waals surface area contributed by atoms with Crippen LogP contribution in [0.4, 0.5) is 24.7 Å². The Kier molecular flexibility index (Phi) is 3.38. The number of benzene rings is 1. The Hall–Kier alpha value is -2.35. The average molecular weight is 314 g/mol. The van der Waals surface area contributed by atoms with Crippen LogP contribution in [-0.4, -0.2) is 19.9 Å². The van der Waals surface area contributed by atoms with Crippen molar-refractivity contribution in [3.63, 3.8) is 0 Å². The van der Waals surface area contributed by atoms with Crippen LogP contribution in [0.5, 0.6) is 0 Å². The van der Waals surface area contributed by atoms with Crippen molar-refractivity contribution in [2.45, 2.75) is 6.43 Å². The summed E-state index contributed by atoms with van der Waals surface area (Å²) in [7, 11) is 0. The lowest BCUT2D eigenvalue weighted by Gasteiger charge is -2.06. The molecule has 9 heteroatoms. The van der Waals surface area contributed by atoms with E-state index in [2.05, 4.69) is 25.3 Å². The number of halogens is 4. The second-order valence-corrected chi connectivity index (χ2v) is 4.50. The minimum atomic E-state index is -2.74. The topological polar surface area (TPSA) is 66.5 Å². The van der Waals surface area contributed by atoms with Gasteiger partial charge in [0.05, 0.1) is 5.02 Å². The SMILES string of the molecule is Fc1ccc(Nc2ncnc3nc(C(F)F)[nH]c23)cc1Cl. The molecule has 0 radical (unpaired) electrons. The molecule has 0 bridgehead atoms. The summed E-state index contributed by atoms with van der Waals surface area (Å²) in [4.78, 5) is 13.9. The molecule has 0 saturated carbocycles. The summed E-state index contributed by atoms with van der Waals surface area (Å²) in [5.74, 6) is -0.815. The van der Waals surface area contributed by atoms with Crippen LogP contribution in [0, 0.1) is 5.82 Å². The van der Waals surface area contributed by atoms with Crippen LogP contribution >= 0.6 is 11.6 Å². The van der Waals surface area contributed by atoms with Crippen LogP contribution in [0.3, 0.4) is 0 Å². The highest BCUT2D eigenvalue weighted by molar-refractivity contribution is 6.31. The van der Waals surface area contributed by atoms with Crippen molar-refractivity contribution in [3.05, 3.63) is 41.2 Å². The highest BCUT2D eigenvalue weighted by Gasteiger charge is 2.16. The highest BCUT2D eigenvalue weighted by atomic mass is 35.5. The Bertz CT molecular complexity index is 805. The van der Waals surface area contributed by atoms with E-state index in [4.69, 9.17) is 11.6 Å². The van der Waals surface area contributed by atoms with E-state index < -0.39 is 18.1 Å². The molecule has 2 aromatic heterocycles. The number of hydrogen-bond acceptors (Lipinski definition) is 4. The minimum Gasteiger partial charge on any atom is -0.338 e. The number of nitrogens with zero attached hydrogens (tertiary/aromatic N) is 3. The van der Waals surface area contributed by atoms with Crippen molar-refractivity contribution in [2.24, 2.45) is 0 Å². The van der Waals surface area contributed by atoms with Crippen LogP contribution in [0.2, 0.25) is 5.02 Å². The van der Waals surface area contributed by atoms with Crippen LogP contribution in [0.1, 0.15) is 12.2 Å². The van der Waals surface area contributed by atoms with Crippen molar-refractivity contribution in [2.75, 3.05) is 5.32 Å². The molecular formula is C12H7ClF3N5. The van der Waals surface area contributed by atoms with E-state index in [1.165, 1.54) is 24.5 Å². The maximum Gasteiger partial charge on any atom is 0.295 e. The lowest BCUT2D eigenvalue weighted by atomic mass is 10.3. The fourth-order valence-corrected chi connectivity index (χ4v) is 1.94. The standard InChI is InChI=1S/C12H7ClF3N5/c13-6-3-5(1-2-7(6)14)19-10-8-11(18-4-17-10)21-12(20-8)9(15)16/h1-4,9H,(H2,17,18,19,20,21). The van der Waals surface area contributed by atoms with Gasteiger partial charge in [-0.25, -0.2) is 28.1 Å². The molecule has 0 unspecified atom stereocenters. The van der Waals surface area contributed by atoms with Crippen LogP contribution in [-0.2, 0) is 0 Å². The maximum absolute atomic E-state index is 13.1. The minimum absolute atomic E-state index is 0.0665. The zero-order valence-corrected chi connectivity index (χ0v) is 11.0. The monoisotopic (exact) mass is 313 g/mol. The number of aromatic nitrogens is 4. The Morgan fingerprint density at radius 3 is 2.76 bits per heavy atom. The molecule has 21 heavy (non-hydrogen) atoms. The fourth-order valence-electron chi connectivity index (χ4n) is 1.76. The van der Waals surface area contributed by atoms with Crippen molar-refractivity contribution < 1.29 is 13.2 Å². The molecule has 0 aliphatic heterocycles. The second kappa shape index (κ2) is 5.21. The number of fused-ring (bicyclic) bond motifs is 1. The van der Waals surface area contributed by atoms with Crippen LogP contribution in [0.15, 0.2) is 24.5 Å². The number of aromatic amines is 1. The number of rotatable bonds is 3. The molecule has 0 saturated heterocycles. The van der Waals surface area contributed by atoms with Crippen molar-refractivity contribution in [1.29, 1.82) is 0 Å². The number of H-pyrrole nitrogens is 1. The van der Waals surface area contributed by atoms with Gasteiger partial charge in [-0.1, -0.05) is 11.6 Å². The summed E-state index contributed by atoms with van der Waals surface area (Å²) in [6.07, 6.45) is -1.56. The molecule has 3 aromatic rings. The summed E-state index contributed by atoms with van der Waals surface area (Å²) >= 11 is 5.68. The molecule has 2 heterocycles. The molecule has 0 amide bonds. The number of alkyl halides is 2. The molecule has 108 valence electrons. The third-order valence-electron chi connectivity index (χ3n) is 2.70. The van der Waals surface area contributed by atoms with Gasteiger partial charge in [-0.3, -0.25) is 0 Å². The van der Waals surface area contributed by atoms with Gasteiger partial charge in [-0.05, 0) is 18.2 Å². The summed E-state index contributed by atoms with van der Waals surface area (Å²) < 4.78 is 38.4. The van der Waals surface area contributed by atoms with E-state index in [1.54, 1.807) is 0 Å². The molecule has 0 spiro atoms. The first-order valence-corrected chi connectivity index (χ1v) is 6.13. The van der Waals surface area contributed by atoms with Gasteiger partial charge in [0.25, 0.3) is 6.43 Å². The maximum atomic E-state index is 13.1. The molecule has 0 fully saturated rings. The first-order valence-electron chi connectivity index (χ1n) is 5.75. The van der Waals surface area contributed by atoms with E-state index in [0.29, 0.717) is 5.69 Å². The van der Waals surface area contributed by atoms with Crippen LogP contribution < -0.4 is 5.32 Å². The lowest BCUT2D eigenvalue weighted by Crippen LogP contribution is -1.96. The molecular weight excluding hydrogens is 307 g/mol. The van der Waals surface area contributed by atoms with Gasteiger partial charge >= 0.3 is 0 Å². The third kappa shape index (κ3) is 2.62. The Balaban J connectivity index is 2.01. The number of hydrogen-bond donors (Lipinski definition) is 2.